The molecule has 1 aliphatic carbocycles. The maximum absolute atomic E-state index is 10.5. The summed E-state index contributed by atoms with van der Waals surface area (Å²) in [6.45, 7) is 1.34. The van der Waals surface area contributed by atoms with E-state index in [1.54, 1.807) is 6.20 Å². The van der Waals surface area contributed by atoms with Gasteiger partial charge < -0.3 is 15.2 Å². The second-order valence-electron chi connectivity index (χ2n) is 5.04. The minimum Gasteiger partial charge on any atom is -0.465 e. The Kier molecular flexibility index (Phi) is 5.15. The Morgan fingerprint density at radius 3 is 2.84 bits per heavy atom. The standard InChI is InChI=1S/C14H20N2O3/c17-14(18)16-13-5-3-11(4-6-13)9-19-10-12-2-1-7-15-8-12/h1-2,7-8,11,13,16H,3-6,9-10H2,(H,17,18)/t11-,13-. The van der Waals surface area contributed by atoms with Crippen molar-refractivity contribution < 1.29 is 14.6 Å². The van der Waals surface area contributed by atoms with Crippen LogP contribution in [-0.2, 0) is 11.3 Å². The van der Waals surface area contributed by atoms with Crippen LogP contribution in [0.25, 0.3) is 0 Å². The number of nitrogens with one attached hydrogen (secondary N) is 1. The first-order valence-corrected chi connectivity index (χ1v) is 6.70. The maximum atomic E-state index is 10.5. The number of pyridine rings is 1. The first kappa shape index (κ1) is 13.8. The minimum atomic E-state index is -0.920. The molecule has 0 aromatic carbocycles. The molecule has 0 radical (unpaired) electrons. The lowest BCUT2D eigenvalue weighted by Gasteiger charge is -2.28. The molecule has 1 aliphatic rings. The second kappa shape index (κ2) is 7.09. The smallest absolute Gasteiger partial charge is 0.404 e. The fraction of sp³-hybridized carbons (Fsp3) is 0.571. The van der Waals surface area contributed by atoms with Crippen LogP contribution in [0.5, 0.6) is 0 Å². The van der Waals surface area contributed by atoms with E-state index in [1.165, 1.54) is 0 Å². The molecular weight excluding hydrogens is 244 g/mol. The summed E-state index contributed by atoms with van der Waals surface area (Å²) in [4.78, 5) is 14.6. The third-order valence-electron chi connectivity index (χ3n) is 3.52. The van der Waals surface area contributed by atoms with Gasteiger partial charge in [0.2, 0.25) is 0 Å². The molecule has 0 unspecified atom stereocenters. The van der Waals surface area contributed by atoms with Crippen molar-refractivity contribution in [3.05, 3.63) is 30.1 Å². The van der Waals surface area contributed by atoms with Gasteiger partial charge in [0.05, 0.1) is 6.61 Å². The van der Waals surface area contributed by atoms with Crippen molar-refractivity contribution in [3.63, 3.8) is 0 Å². The van der Waals surface area contributed by atoms with E-state index >= 15 is 0 Å². The Balaban J connectivity index is 1.62. The topological polar surface area (TPSA) is 71.5 Å². The number of hydrogen-bond donors (Lipinski definition) is 2. The number of rotatable bonds is 5. The molecule has 0 bridgehead atoms. The van der Waals surface area contributed by atoms with E-state index in [0.29, 0.717) is 12.5 Å². The highest BCUT2D eigenvalue weighted by atomic mass is 16.5. The summed E-state index contributed by atoms with van der Waals surface area (Å²) in [7, 11) is 0. The van der Waals surface area contributed by atoms with Crippen LogP contribution in [0.4, 0.5) is 4.79 Å². The zero-order chi connectivity index (χ0) is 13.5. The predicted molar refractivity (Wildman–Crippen MR) is 70.8 cm³/mol. The Morgan fingerprint density at radius 2 is 2.21 bits per heavy atom. The molecule has 5 heteroatoms. The summed E-state index contributed by atoms with van der Waals surface area (Å²) in [5, 5.41) is 11.2. The number of carbonyl (C=O) groups is 1. The minimum absolute atomic E-state index is 0.118. The average molecular weight is 264 g/mol. The van der Waals surface area contributed by atoms with Gasteiger partial charge in [-0.1, -0.05) is 6.07 Å². The number of hydrogen-bond acceptors (Lipinski definition) is 3. The monoisotopic (exact) mass is 264 g/mol. The molecule has 1 saturated carbocycles. The summed E-state index contributed by atoms with van der Waals surface area (Å²) in [5.41, 5.74) is 1.09. The van der Waals surface area contributed by atoms with Gasteiger partial charge in [0.15, 0.2) is 0 Å². The van der Waals surface area contributed by atoms with Crippen molar-refractivity contribution in [1.82, 2.24) is 10.3 Å². The van der Waals surface area contributed by atoms with E-state index in [0.717, 1.165) is 37.9 Å². The van der Waals surface area contributed by atoms with Crippen molar-refractivity contribution in [2.45, 2.75) is 38.3 Å². The molecule has 0 saturated heterocycles. The van der Waals surface area contributed by atoms with E-state index in [4.69, 9.17) is 9.84 Å². The van der Waals surface area contributed by atoms with Crippen LogP contribution >= 0.6 is 0 Å². The molecule has 2 rings (SSSR count). The zero-order valence-corrected chi connectivity index (χ0v) is 10.9. The fourth-order valence-corrected chi connectivity index (χ4v) is 2.48. The number of aromatic nitrogens is 1. The van der Waals surface area contributed by atoms with Crippen LogP contribution in [0.2, 0.25) is 0 Å². The Labute approximate surface area is 113 Å². The van der Waals surface area contributed by atoms with E-state index in [1.807, 2.05) is 18.3 Å². The van der Waals surface area contributed by atoms with Crippen LogP contribution in [0, 0.1) is 5.92 Å². The van der Waals surface area contributed by atoms with Crippen molar-refractivity contribution in [2.75, 3.05) is 6.61 Å². The van der Waals surface area contributed by atoms with E-state index in [-0.39, 0.29) is 6.04 Å². The molecule has 104 valence electrons. The van der Waals surface area contributed by atoms with Gasteiger partial charge in [-0.3, -0.25) is 4.98 Å². The van der Waals surface area contributed by atoms with Gasteiger partial charge in [-0.2, -0.15) is 0 Å². The van der Waals surface area contributed by atoms with Crippen LogP contribution in [0.15, 0.2) is 24.5 Å². The van der Waals surface area contributed by atoms with Gasteiger partial charge in [-0.25, -0.2) is 4.79 Å². The molecule has 1 amide bonds. The largest absolute Gasteiger partial charge is 0.465 e. The molecule has 1 aromatic rings. The molecule has 0 atom stereocenters. The van der Waals surface area contributed by atoms with E-state index in [2.05, 4.69) is 10.3 Å². The van der Waals surface area contributed by atoms with E-state index < -0.39 is 6.09 Å². The number of amides is 1. The highest BCUT2D eigenvalue weighted by Crippen LogP contribution is 2.24. The SMILES string of the molecule is O=C(O)N[C@H]1CC[C@H](COCc2cccnc2)CC1. The van der Waals surface area contributed by atoms with Crippen LogP contribution in [-0.4, -0.2) is 28.8 Å². The van der Waals surface area contributed by atoms with Crippen molar-refractivity contribution in [3.8, 4) is 0 Å². The van der Waals surface area contributed by atoms with Crippen LogP contribution in [0.3, 0.4) is 0 Å². The number of carboxylic acid groups (broad SMARTS) is 1. The molecule has 1 aromatic heterocycles. The second-order valence-corrected chi connectivity index (χ2v) is 5.04. The lowest BCUT2D eigenvalue weighted by atomic mass is 9.86. The number of nitrogens with zero attached hydrogens (tertiary/aromatic N) is 1. The third-order valence-corrected chi connectivity index (χ3v) is 3.52. The molecular formula is C14H20N2O3. The Morgan fingerprint density at radius 1 is 1.42 bits per heavy atom. The van der Waals surface area contributed by atoms with Crippen LogP contribution < -0.4 is 5.32 Å². The summed E-state index contributed by atoms with van der Waals surface area (Å²) in [6, 6.07) is 4.02. The fourth-order valence-electron chi connectivity index (χ4n) is 2.48. The first-order valence-electron chi connectivity index (χ1n) is 6.70. The molecule has 0 aliphatic heterocycles. The molecule has 19 heavy (non-hydrogen) atoms. The Hall–Kier alpha value is -1.62. The molecule has 2 N–H and O–H groups in total. The van der Waals surface area contributed by atoms with Gasteiger partial charge in [0.25, 0.3) is 0 Å². The normalized spacial score (nSPS) is 22.9. The van der Waals surface area contributed by atoms with Gasteiger partial charge in [-0.05, 0) is 43.2 Å². The highest BCUT2D eigenvalue weighted by molar-refractivity contribution is 5.64. The predicted octanol–water partition coefficient (Wildman–Crippen LogP) is 2.42. The summed E-state index contributed by atoms with van der Waals surface area (Å²) >= 11 is 0. The van der Waals surface area contributed by atoms with Gasteiger partial charge in [0, 0.05) is 25.0 Å². The highest BCUT2D eigenvalue weighted by Gasteiger charge is 2.22. The van der Waals surface area contributed by atoms with Crippen molar-refractivity contribution >= 4 is 6.09 Å². The van der Waals surface area contributed by atoms with E-state index in [9.17, 15) is 4.79 Å². The molecule has 5 nitrogen and oxygen atoms in total. The first-order chi connectivity index (χ1) is 9.24. The summed E-state index contributed by atoms with van der Waals surface area (Å²) in [5.74, 6) is 0.545. The lowest BCUT2D eigenvalue weighted by Crippen LogP contribution is -2.37. The van der Waals surface area contributed by atoms with Gasteiger partial charge >= 0.3 is 6.09 Å². The number of ether oxygens (including phenoxy) is 1. The summed E-state index contributed by atoms with van der Waals surface area (Å²) in [6.07, 6.45) is 6.51. The quantitative estimate of drug-likeness (QED) is 0.856. The lowest BCUT2D eigenvalue weighted by molar-refractivity contribution is 0.0697. The maximum Gasteiger partial charge on any atom is 0.404 e. The molecule has 1 heterocycles. The van der Waals surface area contributed by atoms with Gasteiger partial charge in [0.1, 0.15) is 0 Å². The van der Waals surface area contributed by atoms with Crippen LogP contribution in [0.1, 0.15) is 31.2 Å². The molecule has 0 spiro atoms. The Bertz CT molecular complexity index is 389. The van der Waals surface area contributed by atoms with Crippen molar-refractivity contribution in [2.24, 2.45) is 5.92 Å². The average Bonchev–Trinajstić information content (AvgIpc) is 2.41. The van der Waals surface area contributed by atoms with Gasteiger partial charge in [-0.15, -0.1) is 0 Å². The molecule has 1 fully saturated rings. The third kappa shape index (κ3) is 4.87. The summed E-state index contributed by atoms with van der Waals surface area (Å²) < 4.78 is 5.70. The van der Waals surface area contributed by atoms with Crippen molar-refractivity contribution in [1.29, 1.82) is 0 Å². The zero-order valence-electron chi connectivity index (χ0n) is 10.9.